The number of phenols is 1. The third-order valence-electron chi connectivity index (χ3n) is 8.51. The number of rotatable bonds is 5. The minimum Gasteiger partial charge on any atom is -0.510 e. The fraction of sp³-hybridized carbons (Fsp3) is 0.367. The molecule has 39 heavy (non-hydrogen) atoms. The van der Waals surface area contributed by atoms with Gasteiger partial charge in [-0.25, -0.2) is 0 Å². The monoisotopic (exact) mass is 532 g/mol. The van der Waals surface area contributed by atoms with Gasteiger partial charge in [-0.05, 0) is 75.4 Å². The minimum atomic E-state index is -2.64. The van der Waals surface area contributed by atoms with Gasteiger partial charge in [0.05, 0.1) is 11.6 Å². The lowest BCUT2D eigenvalue weighted by atomic mass is 9.58. The Labute approximate surface area is 225 Å². The van der Waals surface area contributed by atoms with Crippen LogP contribution in [0.4, 0.5) is 0 Å². The average molecular weight is 533 g/mol. The van der Waals surface area contributed by atoms with E-state index >= 15 is 0 Å². The lowest BCUT2D eigenvalue weighted by Gasteiger charge is -2.50. The third-order valence-corrected chi connectivity index (χ3v) is 8.51. The van der Waals surface area contributed by atoms with Crippen LogP contribution in [-0.4, -0.2) is 68.5 Å². The van der Waals surface area contributed by atoms with Gasteiger partial charge in [0.25, 0.3) is 5.91 Å². The van der Waals surface area contributed by atoms with Gasteiger partial charge < -0.3 is 26.2 Å². The molecule has 3 aliphatic rings. The average Bonchev–Trinajstić information content (AvgIpc) is 2.86. The summed E-state index contributed by atoms with van der Waals surface area (Å²) in [5, 5.41) is 44.6. The van der Waals surface area contributed by atoms with Crippen molar-refractivity contribution in [2.75, 3.05) is 14.1 Å². The van der Waals surface area contributed by atoms with E-state index in [0.29, 0.717) is 12.0 Å². The summed E-state index contributed by atoms with van der Waals surface area (Å²) in [6.07, 6.45) is 1.69. The van der Waals surface area contributed by atoms with Crippen molar-refractivity contribution < 1.29 is 34.8 Å². The molecular formula is C30H32N2O7. The quantitative estimate of drug-likeness (QED) is 0.366. The van der Waals surface area contributed by atoms with Crippen molar-refractivity contribution in [3.05, 3.63) is 86.9 Å². The van der Waals surface area contributed by atoms with E-state index in [0.717, 1.165) is 23.1 Å². The molecule has 0 aromatic heterocycles. The largest absolute Gasteiger partial charge is 0.510 e. The topological polar surface area (TPSA) is 161 Å². The van der Waals surface area contributed by atoms with Gasteiger partial charge in [0, 0.05) is 11.5 Å². The van der Waals surface area contributed by atoms with Crippen molar-refractivity contribution in [3.8, 4) is 5.75 Å². The first-order valence-electron chi connectivity index (χ1n) is 12.9. The number of Topliss-reactive ketones (excluding diaryl/α,β-unsaturated/α-hetero) is 2. The molecule has 6 N–H and O–H groups in total. The van der Waals surface area contributed by atoms with Crippen LogP contribution in [0.3, 0.4) is 0 Å². The molecule has 0 saturated heterocycles. The lowest BCUT2D eigenvalue weighted by molar-refractivity contribution is -0.148. The number of hydrogen-bond donors (Lipinski definition) is 5. The molecule has 2 aromatic rings. The number of amides is 1. The Bertz CT molecular complexity index is 1470. The summed E-state index contributed by atoms with van der Waals surface area (Å²) < 4.78 is 0. The number of aryl methyl sites for hydroxylation is 3. The number of nitrogens with two attached hydrogens (primary N) is 1. The fourth-order valence-electron chi connectivity index (χ4n) is 6.58. The zero-order chi connectivity index (χ0) is 28.4. The molecule has 0 radical (unpaired) electrons. The predicted octanol–water partition coefficient (Wildman–Crippen LogP) is 2.21. The molecule has 4 unspecified atom stereocenters. The molecule has 4 atom stereocenters. The van der Waals surface area contributed by atoms with Crippen LogP contribution in [0.15, 0.2) is 59.1 Å². The summed E-state index contributed by atoms with van der Waals surface area (Å²) >= 11 is 0. The van der Waals surface area contributed by atoms with Gasteiger partial charge in [-0.3, -0.25) is 19.3 Å². The van der Waals surface area contributed by atoms with Gasteiger partial charge in [0.1, 0.15) is 22.8 Å². The predicted molar refractivity (Wildman–Crippen MR) is 142 cm³/mol. The number of likely N-dealkylation sites (N-methyl/N-ethyl adjacent to an activating group) is 1. The highest BCUT2D eigenvalue weighted by molar-refractivity contribution is 6.24. The molecule has 0 aliphatic heterocycles. The number of aromatic hydroxyl groups is 1. The number of aliphatic hydroxyl groups is 3. The number of aliphatic hydroxyl groups excluding tert-OH is 2. The SMILES string of the molecule is Cc1ccc(CCc2ccc(O)c3c2CC2CC4C(N(C)C)C(O)=C(C(N)=O)C(=O)C4(O)C(O)=C2C3=O)cc1. The maximum absolute atomic E-state index is 13.8. The van der Waals surface area contributed by atoms with E-state index in [-0.39, 0.29) is 29.7 Å². The van der Waals surface area contributed by atoms with Gasteiger partial charge in [0.2, 0.25) is 5.78 Å². The third kappa shape index (κ3) is 3.95. The van der Waals surface area contributed by atoms with Crippen LogP contribution in [-0.2, 0) is 28.9 Å². The second-order valence-electron chi connectivity index (χ2n) is 11.0. The number of hydrogen-bond acceptors (Lipinski definition) is 8. The highest BCUT2D eigenvalue weighted by Gasteiger charge is 2.63. The molecule has 0 saturated carbocycles. The maximum atomic E-state index is 13.8. The fourth-order valence-corrected chi connectivity index (χ4v) is 6.58. The summed E-state index contributed by atoms with van der Waals surface area (Å²) in [6, 6.07) is 10.4. The summed E-state index contributed by atoms with van der Waals surface area (Å²) in [7, 11) is 3.21. The number of primary amides is 1. The van der Waals surface area contributed by atoms with Crippen molar-refractivity contribution in [1.29, 1.82) is 0 Å². The standard InChI is InChI=1S/C30H32N2O7/c1-14-4-6-15(7-5-14)8-9-16-10-11-20(33)22-18(16)12-17-13-19-24(32(2)3)26(35)23(29(31)38)28(37)30(19,39)27(36)21(17)25(22)34/h4-7,10-11,17,19,24,33,35-36,39H,8-9,12-13H2,1-3H3,(H2,31,38). The molecule has 0 heterocycles. The molecule has 0 fully saturated rings. The van der Waals surface area contributed by atoms with E-state index < -0.39 is 58.0 Å². The number of carbonyl (C=O) groups is 3. The number of carbonyl (C=O) groups excluding carboxylic acids is 3. The second-order valence-corrected chi connectivity index (χ2v) is 11.0. The Morgan fingerprint density at radius 2 is 1.72 bits per heavy atom. The van der Waals surface area contributed by atoms with Gasteiger partial charge in [-0.1, -0.05) is 35.9 Å². The van der Waals surface area contributed by atoms with Crippen LogP contribution in [0.1, 0.15) is 39.0 Å². The number of benzene rings is 2. The van der Waals surface area contributed by atoms with Crippen LogP contribution in [0.2, 0.25) is 0 Å². The van der Waals surface area contributed by atoms with Gasteiger partial charge in [-0.2, -0.15) is 0 Å². The summed E-state index contributed by atoms with van der Waals surface area (Å²) in [6.45, 7) is 2.02. The molecule has 0 bridgehead atoms. The van der Waals surface area contributed by atoms with Gasteiger partial charge in [-0.15, -0.1) is 0 Å². The van der Waals surface area contributed by atoms with E-state index in [1.807, 2.05) is 19.1 Å². The van der Waals surface area contributed by atoms with Crippen molar-refractivity contribution >= 4 is 17.5 Å². The molecule has 1 amide bonds. The number of phenolic OH excluding ortho intramolecular Hbond substituents is 1. The molecule has 3 aliphatic carbocycles. The van der Waals surface area contributed by atoms with E-state index in [4.69, 9.17) is 5.73 Å². The Balaban J connectivity index is 1.60. The Morgan fingerprint density at radius 3 is 2.33 bits per heavy atom. The Morgan fingerprint density at radius 1 is 1.05 bits per heavy atom. The second kappa shape index (κ2) is 9.36. The minimum absolute atomic E-state index is 0.0391. The van der Waals surface area contributed by atoms with Crippen molar-refractivity contribution in [1.82, 2.24) is 4.90 Å². The Kier molecular flexibility index (Phi) is 6.39. The van der Waals surface area contributed by atoms with Gasteiger partial charge in [0.15, 0.2) is 11.4 Å². The zero-order valence-electron chi connectivity index (χ0n) is 22.1. The van der Waals surface area contributed by atoms with Crippen LogP contribution < -0.4 is 5.73 Å². The lowest BCUT2D eigenvalue weighted by Crippen LogP contribution is -2.63. The summed E-state index contributed by atoms with van der Waals surface area (Å²) in [5.41, 5.74) is 5.65. The van der Waals surface area contributed by atoms with E-state index in [2.05, 4.69) is 12.1 Å². The number of nitrogens with zero attached hydrogens (tertiary/aromatic N) is 1. The smallest absolute Gasteiger partial charge is 0.255 e. The normalized spacial score (nSPS) is 26.4. The van der Waals surface area contributed by atoms with E-state index in [9.17, 15) is 34.8 Å². The highest BCUT2D eigenvalue weighted by Crippen LogP contribution is 2.52. The number of allylic oxidation sites excluding steroid dienone is 1. The summed E-state index contributed by atoms with van der Waals surface area (Å²) in [4.78, 5) is 40.8. The van der Waals surface area contributed by atoms with E-state index in [1.165, 1.54) is 11.0 Å². The zero-order valence-corrected chi connectivity index (χ0v) is 22.1. The van der Waals surface area contributed by atoms with Gasteiger partial charge >= 0.3 is 0 Å². The molecule has 204 valence electrons. The molecule has 9 nitrogen and oxygen atoms in total. The molecular weight excluding hydrogens is 500 g/mol. The maximum Gasteiger partial charge on any atom is 0.255 e. The van der Waals surface area contributed by atoms with Crippen LogP contribution >= 0.6 is 0 Å². The first-order valence-corrected chi connectivity index (χ1v) is 12.9. The van der Waals surface area contributed by atoms with Crippen LogP contribution in [0, 0.1) is 18.8 Å². The molecule has 2 aromatic carbocycles. The molecule has 5 rings (SSSR count). The summed E-state index contributed by atoms with van der Waals surface area (Å²) in [5.74, 6) is -6.48. The van der Waals surface area contributed by atoms with Crippen molar-refractivity contribution in [2.24, 2.45) is 17.6 Å². The van der Waals surface area contributed by atoms with E-state index in [1.54, 1.807) is 20.2 Å². The van der Waals surface area contributed by atoms with Crippen molar-refractivity contribution in [2.45, 2.75) is 44.2 Å². The highest BCUT2D eigenvalue weighted by atomic mass is 16.3. The number of ketones is 2. The molecule has 0 spiro atoms. The Hall–Kier alpha value is -3.95. The van der Waals surface area contributed by atoms with Crippen LogP contribution in [0.25, 0.3) is 0 Å². The first-order chi connectivity index (χ1) is 18.4. The van der Waals surface area contributed by atoms with Crippen molar-refractivity contribution in [3.63, 3.8) is 0 Å². The van der Waals surface area contributed by atoms with Crippen LogP contribution in [0.5, 0.6) is 5.75 Å². The first kappa shape index (κ1) is 26.6. The number of fused-ring (bicyclic) bond motifs is 3. The molecule has 9 heteroatoms.